The monoisotopic (exact) mass is 791 g/mol. The number of carbonyl (C=O) groups excluding carboxylic acids is 2. The maximum absolute atomic E-state index is 12.7. The third-order valence-electron chi connectivity index (χ3n) is 10.3. The Morgan fingerprint density at radius 3 is 1.48 bits per heavy atom. The summed E-state index contributed by atoms with van der Waals surface area (Å²) in [5, 5.41) is 9.62. The molecule has 2 unspecified atom stereocenters. The predicted octanol–water partition coefficient (Wildman–Crippen LogP) is 12.6. The number of unbranched alkanes of at least 4 members (excludes halogenated alkanes) is 21. The molecule has 326 valence electrons. The van der Waals surface area contributed by atoms with Crippen molar-refractivity contribution in [2.75, 3.05) is 41.0 Å². The van der Waals surface area contributed by atoms with Crippen molar-refractivity contribution < 1.29 is 38.2 Å². The fourth-order valence-corrected chi connectivity index (χ4v) is 6.70. The number of hydrogen-bond donors (Lipinski definition) is 1. The molecule has 0 saturated carbocycles. The van der Waals surface area contributed by atoms with Gasteiger partial charge in [-0.2, -0.15) is 0 Å². The van der Waals surface area contributed by atoms with Crippen LogP contribution in [0.3, 0.4) is 0 Å². The summed E-state index contributed by atoms with van der Waals surface area (Å²) in [7, 11) is 5.53. The molecule has 1 N–H and O–H groups in total. The first kappa shape index (κ1) is 53.6. The highest BCUT2D eigenvalue weighted by molar-refractivity contribution is 5.72. The van der Waals surface area contributed by atoms with E-state index in [2.05, 4.69) is 50.3 Å². The fourth-order valence-electron chi connectivity index (χ4n) is 6.70. The van der Waals surface area contributed by atoms with Crippen molar-refractivity contribution in [3.05, 3.63) is 36.5 Å². The quantitative estimate of drug-likeness (QED) is 0.0285. The fraction of sp³-hybridized carbons (Fsp3) is 0.812. The van der Waals surface area contributed by atoms with Crippen molar-refractivity contribution in [3.8, 4) is 0 Å². The minimum absolute atomic E-state index is 0.0535. The van der Waals surface area contributed by atoms with Crippen molar-refractivity contribution in [1.29, 1.82) is 0 Å². The van der Waals surface area contributed by atoms with Gasteiger partial charge in [0, 0.05) is 19.3 Å². The number of likely N-dealkylation sites (N-methyl/N-ethyl adjacent to an activating group) is 1. The molecule has 0 saturated heterocycles. The van der Waals surface area contributed by atoms with Crippen molar-refractivity contribution >= 4 is 17.9 Å². The van der Waals surface area contributed by atoms with Crippen LogP contribution in [-0.2, 0) is 28.6 Å². The number of quaternary nitrogens is 1. The molecule has 2 atom stereocenters. The van der Waals surface area contributed by atoms with Gasteiger partial charge in [-0.05, 0) is 57.8 Å². The molecule has 0 bridgehead atoms. The Balaban J connectivity index is 4.23. The average Bonchev–Trinajstić information content (AvgIpc) is 3.15. The van der Waals surface area contributed by atoms with E-state index in [4.69, 9.17) is 14.2 Å². The van der Waals surface area contributed by atoms with Crippen LogP contribution in [0.1, 0.15) is 200 Å². The molecule has 0 aliphatic rings. The van der Waals surface area contributed by atoms with E-state index in [-0.39, 0.29) is 36.2 Å². The second kappa shape index (κ2) is 39.4. The van der Waals surface area contributed by atoms with E-state index in [9.17, 15) is 19.5 Å². The van der Waals surface area contributed by atoms with Gasteiger partial charge >= 0.3 is 17.9 Å². The van der Waals surface area contributed by atoms with E-state index in [1.807, 2.05) is 21.1 Å². The number of carboxylic acid groups (broad SMARTS) is 1. The first-order valence-electron chi connectivity index (χ1n) is 23.0. The molecule has 8 nitrogen and oxygen atoms in total. The Labute approximate surface area is 344 Å². The van der Waals surface area contributed by atoms with Crippen molar-refractivity contribution in [2.45, 2.75) is 212 Å². The highest BCUT2D eigenvalue weighted by Gasteiger charge is 2.31. The molecule has 0 aliphatic heterocycles. The number of rotatable bonds is 41. The zero-order valence-electron chi connectivity index (χ0n) is 37.1. The Hall–Kier alpha value is -2.45. The van der Waals surface area contributed by atoms with Crippen LogP contribution in [0.5, 0.6) is 0 Å². The van der Waals surface area contributed by atoms with Crippen LogP contribution in [0.25, 0.3) is 0 Å². The number of allylic oxidation sites excluding steroid dienone is 6. The lowest BCUT2D eigenvalue weighted by Gasteiger charge is -2.31. The van der Waals surface area contributed by atoms with Crippen molar-refractivity contribution in [2.24, 2.45) is 0 Å². The maximum atomic E-state index is 12.7. The van der Waals surface area contributed by atoms with Crippen LogP contribution in [0, 0.1) is 0 Å². The van der Waals surface area contributed by atoms with Gasteiger partial charge in [-0.15, -0.1) is 0 Å². The van der Waals surface area contributed by atoms with Gasteiger partial charge in [0.1, 0.15) is 6.61 Å². The smallest absolute Gasteiger partial charge is 0.362 e. The molecular formula is C48H88NO7+. The molecule has 56 heavy (non-hydrogen) atoms. The summed E-state index contributed by atoms with van der Waals surface area (Å²) < 4.78 is 17.3. The molecule has 0 fully saturated rings. The molecular weight excluding hydrogens is 703 g/mol. The van der Waals surface area contributed by atoms with E-state index < -0.39 is 18.1 Å². The number of hydrogen-bond acceptors (Lipinski definition) is 6. The highest BCUT2D eigenvalue weighted by Crippen LogP contribution is 2.15. The highest BCUT2D eigenvalue weighted by atomic mass is 16.6. The zero-order valence-corrected chi connectivity index (χ0v) is 37.1. The third kappa shape index (κ3) is 37.1. The minimum Gasteiger partial charge on any atom is -0.477 e. The van der Waals surface area contributed by atoms with Gasteiger partial charge in [-0.25, -0.2) is 4.79 Å². The van der Waals surface area contributed by atoms with Gasteiger partial charge in [-0.1, -0.05) is 159 Å². The maximum Gasteiger partial charge on any atom is 0.362 e. The SMILES string of the molecule is CC/C=C/C/C=C/CCCCCCCCCCCCCCCCC(=O)OC(COCCC(C(=O)O)[N+](C)(C)C)COC(=O)CCCCCCC/C=C/CCCC. The van der Waals surface area contributed by atoms with Gasteiger partial charge in [0.25, 0.3) is 0 Å². The molecule has 0 radical (unpaired) electrons. The van der Waals surface area contributed by atoms with Crippen molar-refractivity contribution in [3.63, 3.8) is 0 Å². The number of nitrogens with zero attached hydrogens (tertiary/aromatic N) is 1. The summed E-state index contributed by atoms with van der Waals surface area (Å²) >= 11 is 0. The summed E-state index contributed by atoms with van der Waals surface area (Å²) in [6.45, 7) is 4.60. The standard InChI is InChI=1S/C48H87NO7/c1-6-8-10-12-14-16-18-19-20-21-22-23-24-25-26-27-29-31-33-35-37-39-47(51)56-44(42-54-41-40-45(48(52)53)49(3,4)5)43-55-46(50)38-36-34-32-30-28-17-15-13-11-9-7-2/h8,10,13-16,44-45H,6-7,9,11-12,17-43H2,1-5H3/p+1/b10-8+,15-13+,16-14+. The lowest BCUT2D eigenvalue weighted by Crippen LogP contribution is -2.50. The van der Waals surface area contributed by atoms with Crippen LogP contribution >= 0.6 is 0 Å². The molecule has 0 spiro atoms. The Bertz CT molecular complexity index is 1020. The van der Waals surface area contributed by atoms with E-state index >= 15 is 0 Å². The number of esters is 2. The number of aliphatic carboxylic acids is 1. The average molecular weight is 791 g/mol. The summed E-state index contributed by atoms with van der Waals surface area (Å²) in [6.07, 6.45) is 44.8. The summed E-state index contributed by atoms with van der Waals surface area (Å²) in [6, 6.07) is -0.614. The molecule has 0 amide bonds. The van der Waals surface area contributed by atoms with Crippen LogP contribution in [0.2, 0.25) is 0 Å². The molecule has 0 aromatic carbocycles. The van der Waals surface area contributed by atoms with Gasteiger partial charge in [0.05, 0.1) is 34.4 Å². The normalized spacial score (nSPS) is 13.2. The van der Waals surface area contributed by atoms with E-state index in [0.29, 0.717) is 19.3 Å². The lowest BCUT2D eigenvalue weighted by molar-refractivity contribution is -0.887. The number of carbonyl (C=O) groups is 3. The third-order valence-corrected chi connectivity index (χ3v) is 10.3. The first-order chi connectivity index (χ1) is 27.1. The Kier molecular flexibility index (Phi) is 37.7. The topological polar surface area (TPSA) is 99.1 Å². The minimum atomic E-state index is -0.875. The molecule has 0 heterocycles. The number of carboxylic acids is 1. The first-order valence-corrected chi connectivity index (χ1v) is 23.0. The predicted molar refractivity (Wildman–Crippen MR) is 234 cm³/mol. The molecule has 0 aliphatic carbocycles. The largest absolute Gasteiger partial charge is 0.477 e. The van der Waals surface area contributed by atoms with Gasteiger partial charge in [-0.3, -0.25) is 9.59 Å². The lowest BCUT2D eigenvalue weighted by atomic mass is 10.0. The second-order valence-corrected chi connectivity index (χ2v) is 16.6. The van der Waals surface area contributed by atoms with E-state index in [1.165, 1.54) is 103 Å². The Morgan fingerprint density at radius 1 is 0.554 bits per heavy atom. The molecule has 0 aromatic rings. The van der Waals surface area contributed by atoms with Gasteiger partial charge < -0.3 is 23.8 Å². The van der Waals surface area contributed by atoms with Gasteiger partial charge in [0.2, 0.25) is 0 Å². The zero-order chi connectivity index (χ0) is 41.4. The molecule has 0 rings (SSSR count). The van der Waals surface area contributed by atoms with Crippen molar-refractivity contribution in [1.82, 2.24) is 0 Å². The van der Waals surface area contributed by atoms with Crippen LogP contribution < -0.4 is 0 Å². The Morgan fingerprint density at radius 2 is 1.00 bits per heavy atom. The number of ether oxygens (including phenoxy) is 3. The van der Waals surface area contributed by atoms with Crippen LogP contribution in [0.15, 0.2) is 36.5 Å². The van der Waals surface area contributed by atoms with E-state index in [1.54, 1.807) is 0 Å². The summed E-state index contributed by atoms with van der Waals surface area (Å²) in [5.74, 6) is -1.47. The molecule has 8 heteroatoms. The second-order valence-electron chi connectivity index (χ2n) is 16.6. The van der Waals surface area contributed by atoms with E-state index in [0.717, 1.165) is 64.2 Å². The molecule has 0 aromatic heterocycles. The van der Waals surface area contributed by atoms with Crippen LogP contribution in [-0.4, -0.2) is 80.6 Å². The summed E-state index contributed by atoms with van der Waals surface area (Å²) in [4.78, 5) is 37.0. The van der Waals surface area contributed by atoms with Crippen LogP contribution in [0.4, 0.5) is 0 Å². The van der Waals surface area contributed by atoms with Gasteiger partial charge in [0.15, 0.2) is 12.1 Å². The summed E-state index contributed by atoms with van der Waals surface area (Å²) in [5.41, 5.74) is 0.